The van der Waals surface area contributed by atoms with Crippen LogP contribution in [0.4, 0.5) is 5.69 Å². The van der Waals surface area contributed by atoms with Crippen molar-refractivity contribution in [1.29, 1.82) is 0 Å². The van der Waals surface area contributed by atoms with Gasteiger partial charge in [0, 0.05) is 11.7 Å². The Kier molecular flexibility index (Phi) is 3.86. The topological polar surface area (TPSA) is 55.1 Å². The number of nitrogens with two attached hydrogens (primary N) is 1. The lowest BCUT2D eigenvalue weighted by atomic mass is 10.0. The third kappa shape index (κ3) is 3.36. The van der Waals surface area contributed by atoms with Crippen molar-refractivity contribution in [1.82, 2.24) is 0 Å². The molecule has 1 aromatic carbocycles. The van der Waals surface area contributed by atoms with E-state index in [9.17, 15) is 4.79 Å². The van der Waals surface area contributed by atoms with Crippen molar-refractivity contribution in [2.45, 2.75) is 26.8 Å². The van der Waals surface area contributed by atoms with Gasteiger partial charge >= 0.3 is 0 Å². The standard InChI is InChI=1S/C12H18N2O/c1-8-4-6-11(7-5-8)14-12(15)9(2)10(3)13/h4-7,9-10H,13H2,1-3H3,(H,14,15). The van der Waals surface area contributed by atoms with E-state index >= 15 is 0 Å². The van der Waals surface area contributed by atoms with Crippen LogP contribution in [-0.2, 0) is 4.79 Å². The normalized spacial score (nSPS) is 14.4. The van der Waals surface area contributed by atoms with Gasteiger partial charge in [0.25, 0.3) is 0 Å². The summed E-state index contributed by atoms with van der Waals surface area (Å²) in [5.74, 6) is -0.208. The third-order valence-electron chi connectivity index (χ3n) is 2.52. The molecular weight excluding hydrogens is 188 g/mol. The molecule has 0 saturated carbocycles. The van der Waals surface area contributed by atoms with Crippen LogP contribution in [-0.4, -0.2) is 11.9 Å². The van der Waals surface area contributed by atoms with Gasteiger partial charge in [-0.3, -0.25) is 4.79 Å². The van der Waals surface area contributed by atoms with E-state index in [-0.39, 0.29) is 17.9 Å². The van der Waals surface area contributed by atoms with Gasteiger partial charge in [0.15, 0.2) is 0 Å². The van der Waals surface area contributed by atoms with Gasteiger partial charge in [0.05, 0.1) is 5.92 Å². The molecule has 1 aromatic rings. The van der Waals surface area contributed by atoms with Crippen LogP contribution >= 0.6 is 0 Å². The van der Waals surface area contributed by atoms with Crippen LogP contribution in [0.5, 0.6) is 0 Å². The second-order valence-electron chi connectivity index (χ2n) is 4.00. The molecule has 3 nitrogen and oxygen atoms in total. The average Bonchev–Trinajstić information content (AvgIpc) is 2.20. The molecule has 0 fully saturated rings. The molecule has 1 rings (SSSR count). The molecule has 0 spiro atoms. The molecule has 0 aliphatic carbocycles. The Morgan fingerprint density at radius 3 is 2.27 bits per heavy atom. The number of hydrogen-bond acceptors (Lipinski definition) is 2. The Hall–Kier alpha value is -1.35. The maximum Gasteiger partial charge on any atom is 0.228 e. The fraction of sp³-hybridized carbons (Fsp3) is 0.417. The van der Waals surface area contributed by atoms with Crippen LogP contribution in [0.3, 0.4) is 0 Å². The van der Waals surface area contributed by atoms with Gasteiger partial charge in [-0.25, -0.2) is 0 Å². The third-order valence-corrected chi connectivity index (χ3v) is 2.52. The van der Waals surface area contributed by atoms with Crippen LogP contribution in [0.2, 0.25) is 0 Å². The maximum atomic E-state index is 11.6. The second-order valence-corrected chi connectivity index (χ2v) is 4.00. The molecule has 3 N–H and O–H groups in total. The lowest BCUT2D eigenvalue weighted by molar-refractivity contribution is -0.119. The number of benzene rings is 1. The Morgan fingerprint density at radius 1 is 1.27 bits per heavy atom. The van der Waals surface area contributed by atoms with Crippen molar-refractivity contribution in [2.75, 3.05) is 5.32 Å². The highest BCUT2D eigenvalue weighted by Gasteiger charge is 2.16. The Labute approximate surface area is 90.7 Å². The summed E-state index contributed by atoms with van der Waals surface area (Å²) in [5, 5.41) is 2.83. The van der Waals surface area contributed by atoms with Gasteiger partial charge in [-0.15, -0.1) is 0 Å². The SMILES string of the molecule is Cc1ccc(NC(=O)C(C)C(C)N)cc1. The summed E-state index contributed by atoms with van der Waals surface area (Å²) >= 11 is 0. The highest BCUT2D eigenvalue weighted by atomic mass is 16.1. The van der Waals surface area contributed by atoms with Gasteiger partial charge in [-0.05, 0) is 26.0 Å². The second kappa shape index (κ2) is 4.94. The minimum Gasteiger partial charge on any atom is -0.327 e. The van der Waals surface area contributed by atoms with E-state index in [1.54, 1.807) is 0 Å². The molecule has 0 radical (unpaired) electrons. The average molecular weight is 206 g/mol. The number of aryl methyl sites for hydroxylation is 1. The highest BCUT2D eigenvalue weighted by Crippen LogP contribution is 2.11. The molecular formula is C12H18N2O. The van der Waals surface area contributed by atoms with E-state index in [4.69, 9.17) is 5.73 Å². The predicted molar refractivity (Wildman–Crippen MR) is 62.6 cm³/mol. The van der Waals surface area contributed by atoms with Crippen molar-refractivity contribution >= 4 is 11.6 Å². The molecule has 0 aliphatic heterocycles. The number of amides is 1. The molecule has 0 saturated heterocycles. The number of carbonyl (C=O) groups is 1. The first kappa shape index (κ1) is 11.7. The molecule has 3 heteroatoms. The van der Waals surface area contributed by atoms with Crippen LogP contribution in [0.15, 0.2) is 24.3 Å². The van der Waals surface area contributed by atoms with Crippen LogP contribution in [0, 0.1) is 12.8 Å². The van der Waals surface area contributed by atoms with Crippen LogP contribution in [0.25, 0.3) is 0 Å². The van der Waals surface area contributed by atoms with Crippen molar-refractivity contribution in [2.24, 2.45) is 11.7 Å². The predicted octanol–water partition coefficient (Wildman–Crippen LogP) is 1.92. The summed E-state index contributed by atoms with van der Waals surface area (Å²) in [6.45, 7) is 5.67. The lowest BCUT2D eigenvalue weighted by Crippen LogP contribution is -2.34. The van der Waals surface area contributed by atoms with Crippen molar-refractivity contribution < 1.29 is 4.79 Å². The Balaban J connectivity index is 2.62. The van der Waals surface area contributed by atoms with Gasteiger partial charge in [0.1, 0.15) is 0 Å². The van der Waals surface area contributed by atoms with Crippen LogP contribution < -0.4 is 11.1 Å². The highest BCUT2D eigenvalue weighted by molar-refractivity contribution is 5.92. The molecule has 1 amide bonds. The van der Waals surface area contributed by atoms with Crippen molar-refractivity contribution in [3.8, 4) is 0 Å². The van der Waals surface area contributed by atoms with E-state index in [2.05, 4.69) is 5.32 Å². The number of nitrogens with one attached hydrogen (secondary N) is 1. The van der Waals surface area contributed by atoms with Crippen molar-refractivity contribution in [3.05, 3.63) is 29.8 Å². The fourth-order valence-electron chi connectivity index (χ4n) is 1.13. The zero-order valence-corrected chi connectivity index (χ0v) is 9.45. The molecule has 0 heterocycles. The lowest BCUT2D eigenvalue weighted by Gasteiger charge is -2.15. The smallest absolute Gasteiger partial charge is 0.228 e. The van der Waals surface area contributed by atoms with E-state index in [0.29, 0.717) is 0 Å². The van der Waals surface area contributed by atoms with E-state index < -0.39 is 0 Å². The van der Waals surface area contributed by atoms with Gasteiger partial charge < -0.3 is 11.1 Å². The molecule has 82 valence electrons. The molecule has 15 heavy (non-hydrogen) atoms. The maximum absolute atomic E-state index is 11.6. The summed E-state index contributed by atoms with van der Waals surface area (Å²) in [6, 6.07) is 7.58. The van der Waals surface area contributed by atoms with E-state index in [1.165, 1.54) is 5.56 Å². The first-order chi connectivity index (χ1) is 7.00. The number of anilines is 1. The summed E-state index contributed by atoms with van der Waals surface area (Å²) in [4.78, 5) is 11.6. The molecule has 2 unspecified atom stereocenters. The van der Waals surface area contributed by atoms with Gasteiger partial charge in [-0.2, -0.15) is 0 Å². The Bertz CT molecular complexity index is 330. The van der Waals surface area contributed by atoms with Gasteiger partial charge in [0.2, 0.25) is 5.91 Å². The molecule has 0 bridgehead atoms. The van der Waals surface area contributed by atoms with Gasteiger partial charge in [-0.1, -0.05) is 24.6 Å². The first-order valence-electron chi connectivity index (χ1n) is 5.14. The summed E-state index contributed by atoms with van der Waals surface area (Å²) < 4.78 is 0. The van der Waals surface area contributed by atoms with Crippen molar-refractivity contribution in [3.63, 3.8) is 0 Å². The summed E-state index contributed by atoms with van der Waals surface area (Å²) in [5.41, 5.74) is 7.65. The Morgan fingerprint density at radius 2 is 1.80 bits per heavy atom. The molecule has 2 atom stereocenters. The summed E-state index contributed by atoms with van der Waals surface area (Å²) in [6.07, 6.45) is 0. The zero-order chi connectivity index (χ0) is 11.4. The molecule has 0 aliphatic rings. The zero-order valence-electron chi connectivity index (χ0n) is 9.45. The quantitative estimate of drug-likeness (QED) is 0.793. The molecule has 0 aromatic heterocycles. The number of hydrogen-bond donors (Lipinski definition) is 2. The fourth-order valence-corrected chi connectivity index (χ4v) is 1.13. The van der Waals surface area contributed by atoms with E-state index in [1.807, 2.05) is 45.0 Å². The number of carbonyl (C=O) groups excluding carboxylic acids is 1. The number of rotatable bonds is 3. The van der Waals surface area contributed by atoms with Crippen LogP contribution in [0.1, 0.15) is 19.4 Å². The minimum atomic E-state index is -0.175. The minimum absolute atomic E-state index is 0.0335. The largest absolute Gasteiger partial charge is 0.327 e. The van der Waals surface area contributed by atoms with E-state index in [0.717, 1.165) is 5.69 Å². The monoisotopic (exact) mass is 206 g/mol. The first-order valence-corrected chi connectivity index (χ1v) is 5.14. The summed E-state index contributed by atoms with van der Waals surface area (Å²) in [7, 11) is 0.